The molecule has 0 aromatic carbocycles. The molecule has 1 aromatic rings. The maximum atomic E-state index is 12.2. The molecule has 0 radical (unpaired) electrons. The van der Waals surface area contributed by atoms with Gasteiger partial charge in [0.05, 0.1) is 17.9 Å². The molecule has 19 heavy (non-hydrogen) atoms. The van der Waals surface area contributed by atoms with E-state index in [0.717, 1.165) is 18.6 Å². The monoisotopic (exact) mass is 262 g/mol. The van der Waals surface area contributed by atoms with Crippen molar-refractivity contribution in [1.29, 1.82) is 0 Å². The van der Waals surface area contributed by atoms with Crippen molar-refractivity contribution >= 4 is 17.9 Å². The average molecular weight is 262 g/mol. The van der Waals surface area contributed by atoms with Crippen LogP contribution in [0.15, 0.2) is 33.1 Å². The van der Waals surface area contributed by atoms with Crippen LogP contribution in [0, 0.1) is 5.92 Å². The molecule has 3 rings (SSSR count). The molecule has 1 saturated carbocycles. The van der Waals surface area contributed by atoms with Gasteiger partial charge in [0.15, 0.2) is 0 Å². The Labute approximate surface area is 110 Å². The standard InChI is InChI=1S/C13H14N2O4/c1-9-11-5-2-6-13(11,19-15-9)12(16)18-14-8-10-4-3-7-17-10/h3-4,7-8,11H,2,5-6H2,1H3/b14-8+. The number of hydrogen-bond acceptors (Lipinski definition) is 6. The van der Waals surface area contributed by atoms with Crippen LogP contribution in [0.5, 0.6) is 0 Å². The molecule has 2 unspecified atom stereocenters. The molecular weight excluding hydrogens is 248 g/mol. The molecule has 100 valence electrons. The number of oxime groups is 2. The number of fused-ring (bicyclic) bond motifs is 1. The first-order valence-electron chi connectivity index (χ1n) is 6.23. The van der Waals surface area contributed by atoms with Gasteiger partial charge in [-0.3, -0.25) is 0 Å². The summed E-state index contributed by atoms with van der Waals surface area (Å²) in [7, 11) is 0. The van der Waals surface area contributed by atoms with Gasteiger partial charge in [0.25, 0.3) is 0 Å². The van der Waals surface area contributed by atoms with Gasteiger partial charge in [-0.05, 0) is 31.9 Å². The summed E-state index contributed by atoms with van der Waals surface area (Å²) in [6.07, 6.45) is 5.31. The maximum Gasteiger partial charge on any atom is 0.381 e. The van der Waals surface area contributed by atoms with Crippen molar-refractivity contribution in [2.45, 2.75) is 31.8 Å². The molecule has 0 saturated heterocycles. The highest BCUT2D eigenvalue weighted by atomic mass is 16.7. The van der Waals surface area contributed by atoms with E-state index < -0.39 is 11.6 Å². The second-order valence-electron chi connectivity index (χ2n) is 4.79. The molecule has 2 atom stereocenters. The number of carbonyl (C=O) groups excluding carboxylic acids is 1. The zero-order valence-corrected chi connectivity index (χ0v) is 10.5. The molecule has 6 heteroatoms. The third-order valence-corrected chi connectivity index (χ3v) is 3.66. The predicted octanol–water partition coefficient (Wildman–Crippen LogP) is 2.10. The number of rotatable bonds is 3. The number of carbonyl (C=O) groups is 1. The molecule has 1 fully saturated rings. The first-order valence-corrected chi connectivity index (χ1v) is 6.23. The van der Waals surface area contributed by atoms with Crippen molar-refractivity contribution in [2.75, 3.05) is 0 Å². The second-order valence-corrected chi connectivity index (χ2v) is 4.79. The predicted molar refractivity (Wildman–Crippen MR) is 66.7 cm³/mol. The Morgan fingerprint density at radius 1 is 1.68 bits per heavy atom. The van der Waals surface area contributed by atoms with Gasteiger partial charge in [0.2, 0.25) is 5.60 Å². The third kappa shape index (κ3) is 1.93. The fourth-order valence-electron chi connectivity index (χ4n) is 2.70. The molecule has 1 aliphatic carbocycles. The Hall–Kier alpha value is -2.11. The smallest absolute Gasteiger partial charge is 0.381 e. The van der Waals surface area contributed by atoms with E-state index in [4.69, 9.17) is 14.1 Å². The van der Waals surface area contributed by atoms with Gasteiger partial charge in [-0.15, -0.1) is 0 Å². The molecule has 6 nitrogen and oxygen atoms in total. The van der Waals surface area contributed by atoms with E-state index in [1.165, 1.54) is 12.5 Å². The van der Waals surface area contributed by atoms with Crippen molar-refractivity contribution < 1.29 is 18.9 Å². The highest BCUT2D eigenvalue weighted by molar-refractivity contribution is 5.95. The minimum Gasteiger partial charge on any atom is -0.463 e. The van der Waals surface area contributed by atoms with E-state index in [-0.39, 0.29) is 5.92 Å². The van der Waals surface area contributed by atoms with Crippen LogP contribution in [0.4, 0.5) is 0 Å². The lowest BCUT2D eigenvalue weighted by Gasteiger charge is -2.22. The molecule has 0 bridgehead atoms. The Morgan fingerprint density at radius 2 is 2.58 bits per heavy atom. The minimum absolute atomic E-state index is 0.0128. The molecule has 2 heterocycles. The summed E-state index contributed by atoms with van der Waals surface area (Å²) >= 11 is 0. The number of furan rings is 1. The van der Waals surface area contributed by atoms with Crippen molar-refractivity contribution in [3.05, 3.63) is 24.2 Å². The lowest BCUT2D eigenvalue weighted by molar-refractivity contribution is -0.171. The van der Waals surface area contributed by atoms with Gasteiger partial charge < -0.3 is 14.1 Å². The summed E-state index contributed by atoms with van der Waals surface area (Å²) in [4.78, 5) is 22.4. The zero-order chi connectivity index (χ0) is 13.3. The Bertz CT molecular complexity index is 535. The largest absolute Gasteiger partial charge is 0.463 e. The quantitative estimate of drug-likeness (QED) is 0.475. The van der Waals surface area contributed by atoms with Gasteiger partial charge in [0.1, 0.15) is 12.0 Å². The highest BCUT2D eigenvalue weighted by Crippen LogP contribution is 2.44. The normalized spacial score (nSPS) is 29.1. The van der Waals surface area contributed by atoms with Crippen LogP contribution in [-0.2, 0) is 14.5 Å². The summed E-state index contributed by atoms with van der Waals surface area (Å²) in [5, 5.41) is 7.56. The fourth-order valence-corrected chi connectivity index (χ4v) is 2.70. The van der Waals surface area contributed by atoms with Crippen molar-refractivity contribution in [3.63, 3.8) is 0 Å². The molecule has 0 N–H and O–H groups in total. The zero-order valence-electron chi connectivity index (χ0n) is 10.5. The van der Waals surface area contributed by atoms with Crippen LogP contribution in [0.2, 0.25) is 0 Å². The Balaban J connectivity index is 1.68. The minimum atomic E-state index is -0.968. The Morgan fingerprint density at radius 3 is 3.37 bits per heavy atom. The topological polar surface area (TPSA) is 73.4 Å². The van der Waals surface area contributed by atoms with E-state index >= 15 is 0 Å². The van der Waals surface area contributed by atoms with E-state index in [2.05, 4.69) is 10.3 Å². The summed E-state index contributed by atoms with van der Waals surface area (Å²) in [5.41, 5.74) is -0.116. The molecule has 1 aromatic heterocycles. The van der Waals surface area contributed by atoms with Crippen molar-refractivity contribution in [1.82, 2.24) is 0 Å². The van der Waals surface area contributed by atoms with Crippen LogP contribution >= 0.6 is 0 Å². The molecular formula is C13H14N2O4. The van der Waals surface area contributed by atoms with Crippen molar-refractivity contribution in [2.24, 2.45) is 16.2 Å². The number of hydrogen-bond donors (Lipinski definition) is 0. The maximum absolute atomic E-state index is 12.2. The lowest BCUT2D eigenvalue weighted by Crippen LogP contribution is -2.43. The summed E-state index contributed by atoms with van der Waals surface area (Å²) in [6.45, 7) is 1.87. The van der Waals surface area contributed by atoms with Crippen molar-refractivity contribution in [3.8, 4) is 0 Å². The lowest BCUT2D eigenvalue weighted by atomic mass is 9.88. The molecule has 2 aliphatic rings. The van der Waals surface area contributed by atoms with Gasteiger partial charge in [-0.25, -0.2) is 4.79 Å². The summed E-state index contributed by atoms with van der Waals surface area (Å²) in [5.74, 6) is 0.0465. The van der Waals surface area contributed by atoms with Crippen LogP contribution in [-0.4, -0.2) is 23.5 Å². The van der Waals surface area contributed by atoms with Crippen LogP contribution in [0.1, 0.15) is 31.9 Å². The molecule has 0 amide bonds. The second kappa shape index (κ2) is 4.53. The highest BCUT2D eigenvalue weighted by Gasteiger charge is 2.58. The SMILES string of the molecule is CC1=NOC2(C(=O)O/N=C/c3ccco3)CCCC12. The van der Waals surface area contributed by atoms with Crippen LogP contribution < -0.4 is 0 Å². The van der Waals surface area contributed by atoms with E-state index in [1.54, 1.807) is 12.1 Å². The van der Waals surface area contributed by atoms with E-state index in [1.807, 2.05) is 6.92 Å². The Kier molecular flexibility index (Phi) is 2.85. The van der Waals surface area contributed by atoms with Crippen LogP contribution in [0.25, 0.3) is 0 Å². The number of nitrogens with zero attached hydrogens (tertiary/aromatic N) is 2. The van der Waals surface area contributed by atoms with Gasteiger partial charge in [-0.1, -0.05) is 10.3 Å². The van der Waals surface area contributed by atoms with Crippen LogP contribution in [0.3, 0.4) is 0 Å². The van der Waals surface area contributed by atoms with E-state index in [9.17, 15) is 4.79 Å². The van der Waals surface area contributed by atoms with Gasteiger partial charge in [0, 0.05) is 6.42 Å². The third-order valence-electron chi connectivity index (χ3n) is 3.66. The summed E-state index contributed by atoms with van der Waals surface area (Å²) < 4.78 is 5.05. The average Bonchev–Trinajstić information content (AvgIpc) is 3.09. The van der Waals surface area contributed by atoms with Gasteiger partial charge in [-0.2, -0.15) is 0 Å². The van der Waals surface area contributed by atoms with E-state index in [0.29, 0.717) is 12.2 Å². The fraction of sp³-hybridized carbons (Fsp3) is 0.462. The first-order chi connectivity index (χ1) is 9.22. The summed E-state index contributed by atoms with van der Waals surface area (Å²) in [6, 6.07) is 3.44. The van der Waals surface area contributed by atoms with Gasteiger partial charge >= 0.3 is 5.97 Å². The molecule has 0 spiro atoms. The molecule has 1 aliphatic heterocycles. The first kappa shape index (κ1) is 12.0.